The lowest BCUT2D eigenvalue weighted by Crippen LogP contribution is -2.24. The molecule has 3 aromatic rings. The predicted octanol–water partition coefficient (Wildman–Crippen LogP) is 3.55. The number of fused-ring (bicyclic) bond motifs is 1. The van der Waals surface area contributed by atoms with Gasteiger partial charge < -0.3 is 14.3 Å². The van der Waals surface area contributed by atoms with Crippen LogP contribution in [0, 0.1) is 20.8 Å². The molecule has 0 aliphatic rings. The van der Waals surface area contributed by atoms with Gasteiger partial charge in [0.25, 0.3) is 11.6 Å². The number of furan rings is 1. The zero-order valence-electron chi connectivity index (χ0n) is 13.7. The molecule has 1 amide bonds. The van der Waals surface area contributed by atoms with E-state index in [1.54, 1.807) is 13.0 Å². The van der Waals surface area contributed by atoms with Crippen LogP contribution in [0.2, 0.25) is 0 Å². The Bertz CT molecular complexity index is 877. The van der Waals surface area contributed by atoms with Crippen LogP contribution in [0.1, 0.15) is 40.9 Å². The monoisotopic (exact) mass is 313 g/mol. The third-order valence-corrected chi connectivity index (χ3v) is 3.71. The van der Waals surface area contributed by atoms with Gasteiger partial charge in [-0.05, 0) is 39.3 Å². The molecule has 3 aromatic heterocycles. The fourth-order valence-electron chi connectivity index (χ4n) is 2.63. The maximum absolute atomic E-state index is 12.5. The number of hydrogen-bond donors (Lipinski definition) is 1. The maximum atomic E-state index is 12.5. The van der Waals surface area contributed by atoms with Gasteiger partial charge in [-0.3, -0.25) is 4.79 Å². The van der Waals surface area contributed by atoms with Gasteiger partial charge >= 0.3 is 0 Å². The number of carbonyl (C=O) groups is 1. The quantitative estimate of drug-likeness (QED) is 0.796. The summed E-state index contributed by atoms with van der Waals surface area (Å²) in [7, 11) is 0. The standard InChI is InChI=1S/C17H19N3O3/c1-5-6-18-16(21)13-8-14(12-7-9(2)22-11(12)4)19-17-15(13)10(3)20-23-17/h7-8H,5-6H2,1-4H3,(H,18,21). The van der Waals surface area contributed by atoms with E-state index in [4.69, 9.17) is 8.94 Å². The number of pyridine rings is 1. The van der Waals surface area contributed by atoms with Gasteiger partial charge in [-0.2, -0.15) is 0 Å². The van der Waals surface area contributed by atoms with Crippen LogP contribution in [0.4, 0.5) is 0 Å². The second kappa shape index (κ2) is 5.87. The Kier molecular flexibility index (Phi) is 3.90. The topological polar surface area (TPSA) is 81.2 Å². The fraction of sp³-hybridized carbons (Fsp3) is 0.353. The molecule has 0 aromatic carbocycles. The molecule has 3 rings (SSSR count). The predicted molar refractivity (Wildman–Crippen MR) is 86.3 cm³/mol. The number of nitrogens with zero attached hydrogens (tertiary/aromatic N) is 2. The summed E-state index contributed by atoms with van der Waals surface area (Å²) in [5.74, 6) is 1.40. The average Bonchev–Trinajstić information content (AvgIpc) is 3.06. The van der Waals surface area contributed by atoms with Crippen LogP contribution in [-0.2, 0) is 0 Å². The molecule has 0 spiro atoms. The summed E-state index contributed by atoms with van der Waals surface area (Å²) >= 11 is 0. The van der Waals surface area contributed by atoms with Crippen LogP contribution in [0.25, 0.3) is 22.4 Å². The van der Waals surface area contributed by atoms with Crippen molar-refractivity contribution in [1.82, 2.24) is 15.5 Å². The number of aromatic nitrogens is 2. The number of aryl methyl sites for hydroxylation is 3. The van der Waals surface area contributed by atoms with E-state index < -0.39 is 0 Å². The molecular weight excluding hydrogens is 294 g/mol. The molecule has 0 saturated heterocycles. The van der Waals surface area contributed by atoms with Crippen LogP contribution in [0.3, 0.4) is 0 Å². The number of hydrogen-bond acceptors (Lipinski definition) is 5. The van der Waals surface area contributed by atoms with Gasteiger partial charge in [0.2, 0.25) is 0 Å². The molecule has 0 bridgehead atoms. The van der Waals surface area contributed by atoms with Crippen molar-refractivity contribution < 1.29 is 13.7 Å². The van der Waals surface area contributed by atoms with Crippen molar-refractivity contribution in [3.8, 4) is 11.3 Å². The molecule has 1 N–H and O–H groups in total. The number of rotatable bonds is 4. The minimum Gasteiger partial charge on any atom is -0.466 e. The highest BCUT2D eigenvalue weighted by atomic mass is 16.5. The lowest BCUT2D eigenvalue weighted by atomic mass is 10.1. The van der Waals surface area contributed by atoms with E-state index in [1.165, 1.54) is 0 Å². The van der Waals surface area contributed by atoms with Crippen LogP contribution in [0.5, 0.6) is 0 Å². The van der Waals surface area contributed by atoms with Crippen molar-refractivity contribution in [2.75, 3.05) is 6.54 Å². The number of carbonyl (C=O) groups excluding carboxylic acids is 1. The smallest absolute Gasteiger partial charge is 0.259 e. The minimum absolute atomic E-state index is 0.148. The fourth-order valence-corrected chi connectivity index (χ4v) is 2.63. The van der Waals surface area contributed by atoms with Crippen molar-refractivity contribution >= 4 is 17.0 Å². The molecule has 0 saturated carbocycles. The third-order valence-electron chi connectivity index (χ3n) is 3.71. The van der Waals surface area contributed by atoms with Crippen molar-refractivity contribution in [3.05, 3.63) is 34.9 Å². The summed E-state index contributed by atoms with van der Waals surface area (Å²) < 4.78 is 10.8. The molecule has 6 nitrogen and oxygen atoms in total. The van der Waals surface area contributed by atoms with E-state index >= 15 is 0 Å². The Morgan fingerprint density at radius 1 is 1.26 bits per heavy atom. The zero-order chi connectivity index (χ0) is 16.6. The van der Waals surface area contributed by atoms with Gasteiger partial charge in [0.05, 0.1) is 22.3 Å². The lowest BCUT2D eigenvalue weighted by molar-refractivity contribution is 0.0955. The van der Waals surface area contributed by atoms with E-state index in [2.05, 4.69) is 15.5 Å². The van der Waals surface area contributed by atoms with Gasteiger partial charge in [0, 0.05) is 12.1 Å². The van der Waals surface area contributed by atoms with Crippen molar-refractivity contribution in [2.24, 2.45) is 0 Å². The summed E-state index contributed by atoms with van der Waals surface area (Å²) in [5, 5.41) is 7.49. The minimum atomic E-state index is -0.148. The van der Waals surface area contributed by atoms with Gasteiger partial charge in [0.15, 0.2) is 0 Å². The Morgan fingerprint density at radius 3 is 2.70 bits per heavy atom. The van der Waals surface area contributed by atoms with Crippen molar-refractivity contribution in [3.63, 3.8) is 0 Å². The molecule has 3 heterocycles. The van der Waals surface area contributed by atoms with E-state index in [1.807, 2.05) is 26.8 Å². The van der Waals surface area contributed by atoms with Gasteiger partial charge in [0.1, 0.15) is 11.5 Å². The molecule has 0 aliphatic carbocycles. The molecule has 0 unspecified atom stereocenters. The molecule has 0 atom stereocenters. The first-order valence-electron chi connectivity index (χ1n) is 7.64. The van der Waals surface area contributed by atoms with E-state index in [9.17, 15) is 4.79 Å². The largest absolute Gasteiger partial charge is 0.466 e. The highest BCUT2D eigenvalue weighted by molar-refractivity contribution is 6.07. The lowest BCUT2D eigenvalue weighted by Gasteiger charge is -2.07. The van der Waals surface area contributed by atoms with Crippen LogP contribution < -0.4 is 5.32 Å². The molecule has 23 heavy (non-hydrogen) atoms. The second-order valence-corrected chi connectivity index (χ2v) is 5.59. The molecule has 0 aliphatic heterocycles. The number of nitrogens with one attached hydrogen (secondary N) is 1. The molecule has 0 fully saturated rings. The molecule has 0 radical (unpaired) electrons. The normalized spacial score (nSPS) is 11.1. The number of amides is 1. The molecule has 120 valence electrons. The van der Waals surface area contributed by atoms with Gasteiger partial charge in [-0.25, -0.2) is 4.98 Å². The summed E-state index contributed by atoms with van der Waals surface area (Å²) in [6.07, 6.45) is 0.871. The van der Waals surface area contributed by atoms with Crippen molar-refractivity contribution in [2.45, 2.75) is 34.1 Å². The molecular formula is C17H19N3O3. The first-order valence-corrected chi connectivity index (χ1v) is 7.64. The van der Waals surface area contributed by atoms with Gasteiger partial charge in [-0.15, -0.1) is 0 Å². The average molecular weight is 313 g/mol. The Hall–Kier alpha value is -2.63. The van der Waals surface area contributed by atoms with Crippen LogP contribution in [0.15, 0.2) is 21.1 Å². The zero-order valence-corrected chi connectivity index (χ0v) is 13.7. The summed E-state index contributed by atoms with van der Waals surface area (Å²) in [6.45, 7) is 8.18. The summed E-state index contributed by atoms with van der Waals surface area (Å²) in [5.41, 5.74) is 3.03. The summed E-state index contributed by atoms with van der Waals surface area (Å²) in [6, 6.07) is 3.68. The van der Waals surface area contributed by atoms with Crippen molar-refractivity contribution in [1.29, 1.82) is 0 Å². The van der Waals surface area contributed by atoms with Crippen LogP contribution >= 0.6 is 0 Å². The van der Waals surface area contributed by atoms with Gasteiger partial charge in [-0.1, -0.05) is 12.1 Å². The third kappa shape index (κ3) is 2.72. The Morgan fingerprint density at radius 2 is 2.04 bits per heavy atom. The highest BCUT2D eigenvalue weighted by Crippen LogP contribution is 2.30. The first-order chi connectivity index (χ1) is 11.0. The second-order valence-electron chi connectivity index (χ2n) is 5.59. The van der Waals surface area contributed by atoms with E-state index in [0.717, 1.165) is 23.5 Å². The Labute approximate surface area is 133 Å². The summed E-state index contributed by atoms with van der Waals surface area (Å²) in [4.78, 5) is 17.0. The SMILES string of the molecule is CCCNC(=O)c1cc(-c2cc(C)oc2C)nc2onc(C)c12. The molecule has 6 heteroatoms. The highest BCUT2D eigenvalue weighted by Gasteiger charge is 2.20. The van der Waals surface area contributed by atoms with Crippen LogP contribution in [-0.4, -0.2) is 22.6 Å². The Balaban J connectivity index is 2.18. The van der Waals surface area contributed by atoms with E-state index in [-0.39, 0.29) is 5.91 Å². The first kappa shape index (κ1) is 15.3. The maximum Gasteiger partial charge on any atom is 0.259 e. The van der Waals surface area contributed by atoms with E-state index in [0.29, 0.717) is 34.6 Å².